The van der Waals surface area contributed by atoms with Crippen LogP contribution in [-0.2, 0) is 0 Å². The maximum Gasteiger partial charge on any atom is 0.193 e. The highest BCUT2D eigenvalue weighted by atomic mass is 16.5. The number of nitrogens with zero attached hydrogens (tertiary/aromatic N) is 2. The van der Waals surface area contributed by atoms with Gasteiger partial charge in [-0.05, 0) is 139 Å². The van der Waals surface area contributed by atoms with E-state index in [0.29, 0.717) is 23.2 Å². The molecule has 5 nitrogen and oxygen atoms in total. The zero-order chi connectivity index (χ0) is 27.1. The van der Waals surface area contributed by atoms with Crippen molar-refractivity contribution in [3.63, 3.8) is 0 Å². The zero-order valence-electron chi connectivity index (χ0n) is 24.3. The van der Waals surface area contributed by atoms with Gasteiger partial charge in [0.05, 0.1) is 0 Å². The van der Waals surface area contributed by atoms with E-state index in [4.69, 9.17) is 9.47 Å². The molecule has 216 valence electrons. The van der Waals surface area contributed by atoms with E-state index >= 15 is 0 Å². The molecule has 2 saturated carbocycles. The fraction of sp³-hybridized carbons (Fsp3) is 0.629. The van der Waals surface area contributed by atoms with Crippen molar-refractivity contribution in [3.8, 4) is 11.5 Å². The molecular formula is C35H48N2O3. The Bertz CT molecular complexity index is 987. The monoisotopic (exact) mass is 544 g/mol. The first-order valence-corrected chi connectivity index (χ1v) is 16.3. The number of ketones is 1. The Labute approximate surface area is 241 Å². The molecule has 0 spiro atoms. The van der Waals surface area contributed by atoms with E-state index in [2.05, 4.69) is 9.80 Å². The van der Waals surface area contributed by atoms with E-state index in [1.165, 1.54) is 103 Å². The number of carbonyl (C=O) groups excluding carboxylic acids is 1. The molecule has 0 radical (unpaired) electrons. The number of piperidine rings is 2. The summed E-state index contributed by atoms with van der Waals surface area (Å²) < 4.78 is 13.1. The highest BCUT2D eigenvalue weighted by Gasteiger charge is 2.33. The van der Waals surface area contributed by atoms with Gasteiger partial charge < -0.3 is 9.47 Å². The summed E-state index contributed by atoms with van der Waals surface area (Å²) in [7, 11) is 0. The van der Waals surface area contributed by atoms with Crippen molar-refractivity contribution in [1.82, 2.24) is 9.80 Å². The van der Waals surface area contributed by atoms with Crippen LogP contribution in [0.4, 0.5) is 0 Å². The minimum atomic E-state index is 0.0471. The summed E-state index contributed by atoms with van der Waals surface area (Å²) in [6, 6.07) is 16.7. The maximum atomic E-state index is 13.3. The molecule has 2 heterocycles. The van der Waals surface area contributed by atoms with E-state index < -0.39 is 0 Å². The van der Waals surface area contributed by atoms with Gasteiger partial charge in [0.15, 0.2) is 5.78 Å². The van der Waals surface area contributed by atoms with Crippen molar-refractivity contribution < 1.29 is 14.3 Å². The van der Waals surface area contributed by atoms with Gasteiger partial charge in [0.25, 0.3) is 0 Å². The van der Waals surface area contributed by atoms with Crippen molar-refractivity contribution >= 4 is 5.78 Å². The summed E-state index contributed by atoms with van der Waals surface area (Å²) in [5.74, 6) is 1.81. The molecule has 2 aromatic carbocycles. The van der Waals surface area contributed by atoms with E-state index in [9.17, 15) is 4.79 Å². The second kappa shape index (κ2) is 13.5. The average Bonchev–Trinajstić information content (AvgIpc) is 3.03. The molecule has 40 heavy (non-hydrogen) atoms. The summed E-state index contributed by atoms with van der Waals surface area (Å²) in [6.07, 6.45) is 18.3. The van der Waals surface area contributed by atoms with Gasteiger partial charge in [0.2, 0.25) is 0 Å². The number of hydrogen-bond acceptors (Lipinski definition) is 5. The van der Waals surface area contributed by atoms with Gasteiger partial charge in [-0.1, -0.05) is 25.7 Å². The van der Waals surface area contributed by atoms with Crippen LogP contribution in [0, 0.1) is 0 Å². The summed E-state index contributed by atoms with van der Waals surface area (Å²) in [5, 5.41) is 0. The quantitative estimate of drug-likeness (QED) is 0.327. The molecule has 0 aromatic heterocycles. The molecule has 4 aliphatic rings. The Morgan fingerprint density at radius 2 is 0.875 bits per heavy atom. The number of benzene rings is 2. The van der Waals surface area contributed by atoms with Crippen LogP contribution in [-0.4, -0.2) is 66.1 Å². The highest BCUT2D eigenvalue weighted by Crippen LogP contribution is 2.31. The summed E-state index contributed by atoms with van der Waals surface area (Å²) >= 11 is 0. The molecule has 2 aliphatic heterocycles. The third kappa shape index (κ3) is 6.74. The lowest BCUT2D eigenvalue weighted by Crippen LogP contribution is -2.49. The second-order valence-electron chi connectivity index (χ2n) is 12.6. The van der Waals surface area contributed by atoms with Gasteiger partial charge >= 0.3 is 0 Å². The van der Waals surface area contributed by atoms with Gasteiger partial charge in [-0.15, -0.1) is 0 Å². The van der Waals surface area contributed by atoms with Crippen LogP contribution in [0.5, 0.6) is 11.5 Å². The SMILES string of the molecule is O=C(c1ccc(OC2CCCCC2N2CCCCC2)cc1)c1ccc(OC2CCCCC2N2CCCCC2)cc1. The van der Waals surface area contributed by atoms with Crippen molar-refractivity contribution in [1.29, 1.82) is 0 Å². The fourth-order valence-corrected chi connectivity index (χ4v) is 7.65. The second-order valence-corrected chi connectivity index (χ2v) is 12.6. The van der Waals surface area contributed by atoms with Gasteiger partial charge in [-0.25, -0.2) is 0 Å². The Hall–Kier alpha value is -2.37. The number of carbonyl (C=O) groups is 1. The van der Waals surface area contributed by atoms with E-state index in [1.54, 1.807) is 0 Å². The summed E-state index contributed by atoms with van der Waals surface area (Å²) in [6.45, 7) is 4.84. The molecule has 4 unspecified atom stereocenters. The molecule has 2 aromatic rings. The molecule has 4 fully saturated rings. The molecule has 4 atom stereocenters. The Morgan fingerprint density at radius 3 is 1.27 bits per heavy atom. The number of rotatable bonds is 8. The standard InChI is InChI=1S/C35H48N2O3/c38-35(27-15-19-29(20-16-27)39-33-13-5-3-11-31(33)36-23-7-1-8-24-36)28-17-21-30(22-18-28)40-34-14-6-4-12-32(34)37-25-9-2-10-26-37/h15-22,31-34H,1-14,23-26H2. The van der Waals surface area contributed by atoms with Crippen LogP contribution in [0.1, 0.15) is 106 Å². The molecule has 2 saturated heterocycles. The Balaban J connectivity index is 1.05. The molecule has 0 amide bonds. The number of ether oxygens (including phenoxy) is 2. The molecular weight excluding hydrogens is 496 g/mol. The van der Waals surface area contributed by atoms with Crippen LogP contribution >= 0.6 is 0 Å². The number of likely N-dealkylation sites (tertiary alicyclic amines) is 2. The van der Waals surface area contributed by atoms with Crippen molar-refractivity contribution in [2.45, 2.75) is 114 Å². The van der Waals surface area contributed by atoms with Crippen molar-refractivity contribution in [2.75, 3.05) is 26.2 Å². The van der Waals surface area contributed by atoms with Crippen molar-refractivity contribution in [3.05, 3.63) is 59.7 Å². The molecule has 2 aliphatic carbocycles. The van der Waals surface area contributed by atoms with Gasteiger partial charge in [-0.2, -0.15) is 0 Å². The Kier molecular flexibility index (Phi) is 9.40. The first kappa shape index (κ1) is 27.8. The third-order valence-electron chi connectivity index (χ3n) is 9.86. The lowest BCUT2D eigenvalue weighted by molar-refractivity contribution is 0.0261. The molecule has 5 heteroatoms. The van der Waals surface area contributed by atoms with Crippen LogP contribution in [0.3, 0.4) is 0 Å². The highest BCUT2D eigenvalue weighted by molar-refractivity contribution is 6.09. The summed E-state index contributed by atoms with van der Waals surface area (Å²) in [5.41, 5.74) is 1.41. The lowest BCUT2D eigenvalue weighted by atomic mass is 9.90. The predicted octanol–water partition coefficient (Wildman–Crippen LogP) is 7.27. The van der Waals surface area contributed by atoms with E-state index in [-0.39, 0.29) is 18.0 Å². The molecule has 0 N–H and O–H groups in total. The topological polar surface area (TPSA) is 42.0 Å². The van der Waals surface area contributed by atoms with Gasteiger partial charge in [-0.3, -0.25) is 14.6 Å². The lowest BCUT2D eigenvalue weighted by Gasteiger charge is -2.41. The largest absolute Gasteiger partial charge is 0.489 e. The van der Waals surface area contributed by atoms with Crippen LogP contribution < -0.4 is 9.47 Å². The zero-order valence-corrected chi connectivity index (χ0v) is 24.3. The Morgan fingerprint density at radius 1 is 0.500 bits per heavy atom. The first-order chi connectivity index (χ1) is 19.7. The van der Waals surface area contributed by atoms with Crippen LogP contribution in [0.2, 0.25) is 0 Å². The van der Waals surface area contributed by atoms with E-state index in [1.807, 2.05) is 48.5 Å². The van der Waals surface area contributed by atoms with Gasteiger partial charge in [0, 0.05) is 23.2 Å². The fourth-order valence-electron chi connectivity index (χ4n) is 7.65. The van der Waals surface area contributed by atoms with Crippen LogP contribution in [0.25, 0.3) is 0 Å². The minimum absolute atomic E-state index is 0.0471. The smallest absolute Gasteiger partial charge is 0.193 e. The summed E-state index contributed by atoms with van der Waals surface area (Å²) in [4.78, 5) is 18.6. The normalized spacial score (nSPS) is 28.6. The van der Waals surface area contributed by atoms with Crippen molar-refractivity contribution in [2.24, 2.45) is 0 Å². The average molecular weight is 545 g/mol. The maximum absolute atomic E-state index is 13.3. The molecule has 6 rings (SSSR count). The van der Waals surface area contributed by atoms with Crippen LogP contribution in [0.15, 0.2) is 48.5 Å². The predicted molar refractivity (Wildman–Crippen MR) is 161 cm³/mol. The third-order valence-corrected chi connectivity index (χ3v) is 9.86. The first-order valence-electron chi connectivity index (χ1n) is 16.3. The van der Waals surface area contributed by atoms with Gasteiger partial charge in [0.1, 0.15) is 23.7 Å². The van der Waals surface area contributed by atoms with E-state index in [0.717, 1.165) is 24.3 Å². The molecule has 0 bridgehead atoms. The minimum Gasteiger partial charge on any atom is -0.489 e. The number of hydrogen-bond donors (Lipinski definition) is 0.